The van der Waals surface area contributed by atoms with E-state index in [2.05, 4.69) is 64.1 Å². The van der Waals surface area contributed by atoms with Crippen LogP contribution in [0.4, 0.5) is 5.69 Å². The Morgan fingerprint density at radius 1 is 1.20 bits per heavy atom. The molecule has 2 N–H and O–H groups in total. The van der Waals surface area contributed by atoms with Crippen molar-refractivity contribution in [1.29, 1.82) is 0 Å². The van der Waals surface area contributed by atoms with Crippen molar-refractivity contribution in [2.45, 2.75) is 13.8 Å². The zero-order valence-corrected chi connectivity index (χ0v) is 18.0. The van der Waals surface area contributed by atoms with Gasteiger partial charge in [0, 0.05) is 58.5 Å². The van der Waals surface area contributed by atoms with Gasteiger partial charge < -0.3 is 15.5 Å². The Labute approximate surface area is 169 Å². The summed E-state index contributed by atoms with van der Waals surface area (Å²) in [5.41, 5.74) is 4.17. The summed E-state index contributed by atoms with van der Waals surface area (Å²) in [5.74, 6) is 0.837. The van der Waals surface area contributed by atoms with Gasteiger partial charge in [0.1, 0.15) is 0 Å². The molecular formula is C19H32IN5. The Balaban J connectivity index is 0.00000312. The number of rotatable bonds is 6. The van der Waals surface area contributed by atoms with Gasteiger partial charge in [-0.1, -0.05) is 18.2 Å². The second-order valence-corrected chi connectivity index (χ2v) is 6.22. The molecule has 5 nitrogen and oxygen atoms in total. The minimum Gasteiger partial charge on any atom is -0.369 e. The number of benzene rings is 1. The first kappa shape index (κ1) is 21.8. The monoisotopic (exact) mass is 457 g/mol. The molecule has 0 aromatic heterocycles. The minimum atomic E-state index is 0. The van der Waals surface area contributed by atoms with Crippen LogP contribution in [-0.4, -0.2) is 63.7 Å². The second kappa shape index (κ2) is 11.4. The quantitative estimate of drug-likeness (QED) is 0.298. The van der Waals surface area contributed by atoms with E-state index in [4.69, 9.17) is 0 Å². The average Bonchev–Trinajstić information content (AvgIpc) is 2.61. The van der Waals surface area contributed by atoms with Crippen LogP contribution in [0.2, 0.25) is 0 Å². The lowest BCUT2D eigenvalue weighted by molar-refractivity contribution is 0.261. The molecule has 0 atom stereocenters. The predicted octanol–water partition coefficient (Wildman–Crippen LogP) is 2.39. The normalized spacial score (nSPS) is 15.5. The summed E-state index contributed by atoms with van der Waals surface area (Å²) in [7, 11) is 1.79. The van der Waals surface area contributed by atoms with E-state index in [0.29, 0.717) is 0 Å². The predicted molar refractivity (Wildman–Crippen MR) is 120 cm³/mol. The molecule has 1 aromatic rings. The summed E-state index contributed by atoms with van der Waals surface area (Å²) >= 11 is 0. The third-order valence-electron chi connectivity index (χ3n) is 4.65. The Kier molecular flexibility index (Phi) is 9.89. The number of aryl methyl sites for hydroxylation is 1. The zero-order valence-electron chi connectivity index (χ0n) is 15.7. The van der Waals surface area contributed by atoms with Gasteiger partial charge in [-0.3, -0.25) is 9.89 Å². The summed E-state index contributed by atoms with van der Waals surface area (Å²) < 4.78 is 0. The van der Waals surface area contributed by atoms with Crippen molar-refractivity contribution >= 4 is 35.6 Å². The van der Waals surface area contributed by atoms with Gasteiger partial charge in [-0.15, -0.1) is 30.6 Å². The van der Waals surface area contributed by atoms with Crippen LogP contribution in [0.1, 0.15) is 11.1 Å². The van der Waals surface area contributed by atoms with E-state index in [1.807, 2.05) is 6.08 Å². The summed E-state index contributed by atoms with van der Waals surface area (Å²) in [6.07, 6.45) is 1.83. The van der Waals surface area contributed by atoms with Crippen molar-refractivity contribution in [1.82, 2.24) is 15.5 Å². The maximum absolute atomic E-state index is 4.20. The van der Waals surface area contributed by atoms with Crippen LogP contribution < -0.4 is 15.5 Å². The van der Waals surface area contributed by atoms with E-state index in [0.717, 1.165) is 51.8 Å². The molecule has 1 saturated heterocycles. The number of halogens is 1. The van der Waals surface area contributed by atoms with E-state index in [1.54, 1.807) is 7.05 Å². The standard InChI is InChI=1S/C19H31N5.HI/c1-5-9-21-19(20-4)22-10-11-23-12-14-24(15-13-23)18-8-6-7-16(2)17(18)3;/h5-8H,1,9-15H2,2-4H3,(H2,20,21,22);1H. The Morgan fingerprint density at radius 3 is 2.56 bits per heavy atom. The Bertz CT molecular complexity index is 565. The molecule has 0 bridgehead atoms. The van der Waals surface area contributed by atoms with Gasteiger partial charge in [0.05, 0.1) is 0 Å². The van der Waals surface area contributed by atoms with Crippen molar-refractivity contribution in [3.63, 3.8) is 0 Å². The molecule has 25 heavy (non-hydrogen) atoms. The van der Waals surface area contributed by atoms with Crippen molar-refractivity contribution < 1.29 is 0 Å². The van der Waals surface area contributed by atoms with Gasteiger partial charge in [-0.05, 0) is 31.0 Å². The molecule has 1 fully saturated rings. The molecule has 0 saturated carbocycles. The number of hydrogen-bond acceptors (Lipinski definition) is 3. The van der Waals surface area contributed by atoms with Crippen LogP contribution in [0.5, 0.6) is 0 Å². The molecular weight excluding hydrogens is 425 g/mol. The van der Waals surface area contributed by atoms with Crippen LogP contribution in [0.15, 0.2) is 35.8 Å². The summed E-state index contributed by atoms with van der Waals surface area (Å²) in [4.78, 5) is 9.22. The molecule has 1 aliphatic rings. The molecule has 6 heteroatoms. The number of anilines is 1. The van der Waals surface area contributed by atoms with Gasteiger partial charge >= 0.3 is 0 Å². The number of aliphatic imine (C=N–C) groups is 1. The largest absolute Gasteiger partial charge is 0.369 e. The van der Waals surface area contributed by atoms with Crippen molar-refractivity contribution in [3.05, 3.63) is 42.0 Å². The van der Waals surface area contributed by atoms with Gasteiger partial charge in [0.25, 0.3) is 0 Å². The van der Waals surface area contributed by atoms with Crippen molar-refractivity contribution in [2.24, 2.45) is 4.99 Å². The summed E-state index contributed by atoms with van der Waals surface area (Å²) in [6, 6.07) is 6.60. The number of hydrogen-bond donors (Lipinski definition) is 2. The lowest BCUT2D eigenvalue weighted by Gasteiger charge is -2.37. The zero-order chi connectivity index (χ0) is 17.4. The molecule has 0 unspecified atom stereocenters. The Morgan fingerprint density at radius 2 is 1.92 bits per heavy atom. The molecule has 0 amide bonds. The Hall–Kier alpha value is -1.28. The first-order valence-corrected chi connectivity index (χ1v) is 8.74. The van der Waals surface area contributed by atoms with Crippen molar-refractivity contribution in [3.8, 4) is 0 Å². The molecule has 2 rings (SSSR count). The minimum absolute atomic E-state index is 0. The van der Waals surface area contributed by atoms with Gasteiger partial charge in [0.15, 0.2) is 5.96 Å². The van der Waals surface area contributed by atoms with E-state index in [9.17, 15) is 0 Å². The number of nitrogens with zero attached hydrogens (tertiary/aromatic N) is 3. The highest BCUT2D eigenvalue weighted by molar-refractivity contribution is 14.0. The highest BCUT2D eigenvalue weighted by Gasteiger charge is 2.18. The molecule has 0 spiro atoms. The third-order valence-corrected chi connectivity index (χ3v) is 4.65. The van der Waals surface area contributed by atoms with Crippen LogP contribution in [0, 0.1) is 13.8 Å². The van der Waals surface area contributed by atoms with E-state index in [-0.39, 0.29) is 24.0 Å². The number of nitrogens with one attached hydrogen (secondary N) is 2. The fourth-order valence-corrected chi connectivity index (χ4v) is 3.01. The smallest absolute Gasteiger partial charge is 0.191 e. The SMILES string of the molecule is C=CCNC(=NC)NCCN1CCN(c2cccc(C)c2C)CC1.I. The highest BCUT2D eigenvalue weighted by Crippen LogP contribution is 2.23. The summed E-state index contributed by atoms with van der Waals surface area (Å²) in [5, 5.41) is 6.54. The van der Waals surface area contributed by atoms with Crippen LogP contribution in [0.3, 0.4) is 0 Å². The number of piperazine rings is 1. The average molecular weight is 457 g/mol. The molecule has 1 heterocycles. The summed E-state index contributed by atoms with van der Waals surface area (Å²) in [6.45, 7) is 15.2. The van der Waals surface area contributed by atoms with Crippen LogP contribution >= 0.6 is 24.0 Å². The lowest BCUT2D eigenvalue weighted by Crippen LogP contribution is -2.49. The third kappa shape index (κ3) is 6.51. The van der Waals surface area contributed by atoms with E-state index in [1.165, 1.54) is 16.8 Å². The van der Waals surface area contributed by atoms with Gasteiger partial charge in [0.2, 0.25) is 0 Å². The van der Waals surface area contributed by atoms with E-state index >= 15 is 0 Å². The first-order chi connectivity index (χ1) is 11.7. The molecule has 0 aliphatic carbocycles. The molecule has 140 valence electrons. The number of guanidine groups is 1. The second-order valence-electron chi connectivity index (χ2n) is 6.22. The molecule has 1 aromatic carbocycles. The maximum atomic E-state index is 4.20. The fraction of sp³-hybridized carbons (Fsp3) is 0.526. The van der Waals surface area contributed by atoms with Crippen LogP contribution in [-0.2, 0) is 0 Å². The van der Waals surface area contributed by atoms with Gasteiger partial charge in [-0.2, -0.15) is 0 Å². The van der Waals surface area contributed by atoms with E-state index < -0.39 is 0 Å². The molecule has 0 radical (unpaired) electrons. The topological polar surface area (TPSA) is 42.9 Å². The first-order valence-electron chi connectivity index (χ1n) is 8.74. The maximum Gasteiger partial charge on any atom is 0.191 e. The van der Waals surface area contributed by atoms with Gasteiger partial charge in [-0.25, -0.2) is 0 Å². The molecule has 1 aliphatic heterocycles. The fourth-order valence-electron chi connectivity index (χ4n) is 3.01. The lowest BCUT2D eigenvalue weighted by atomic mass is 10.1. The van der Waals surface area contributed by atoms with Crippen molar-refractivity contribution in [2.75, 3.05) is 57.8 Å². The van der Waals surface area contributed by atoms with Crippen LogP contribution in [0.25, 0.3) is 0 Å². The highest BCUT2D eigenvalue weighted by atomic mass is 127.